The topological polar surface area (TPSA) is 105 Å². The number of carbonyl (C=O) groups excluding carboxylic acids is 3. The highest BCUT2D eigenvalue weighted by molar-refractivity contribution is 5.96. The summed E-state index contributed by atoms with van der Waals surface area (Å²) in [5.74, 6) is -0.0997. The molecule has 0 aliphatic carbocycles. The van der Waals surface area contributed by atoms with Gasteiger partial charge in [-0.15, -0.1) is 0 Å². The Kier molecular flexibility index (Phi) is 8.30. The number of nitrogens with two attached hydrogens (primary N) is 1. The van der Waals surface area contributed by atoms with E-state index in [0.29, 0.717) is 56.7 Å². The van der Waals surface area contributed by atoms with E-state index in [1.165, 1.54) is 4.90 Å². The normalized spacial score (nSPS) is 14.8. The first-order chi connectivity index (χ1) is 14.5. The van der Waals surface area contributed by atoms with Crippen LogP contribution in [0.2, 0.25) is 0 Å². The number of nitrogens with one attached hydrogen (secondary N) is 1. The fraction of sp³-hybridized carbons (Fsp3) is 0.609. The summed E-state index contributed by atoms with van der Waals surface area (Å²) in [6.07, 6.45) is 1.56. The number of hydrogen-bond donors (Lipinski definition) is 2. The van der Waals surface area contributed by atoms with E-state index in [-0.39, 0.29) is 23.8 Å². The summed E-state index contributed by atoms with van der Waals surface area (Å²) in [6, 6.07) is 5.30. The number of nitrogen functional groups attached to an aromatic ring is 1. The molecule has 0 aromatic heterocycles. The Bertz CT molecular complexity index is 795. The third-order valence-corrected chi connectivity index (χ3v) is 5.31. The molecular formula is C23H36N4O4. The molecule has 0 radical (unpaired) electrons. The molecule has 1 saturated heterocycles. The summed E-state index contributed by atoms with van der Waals surface area (Å²) in [5, 5.41) is 2.95. The molecule has 8 nitrogen and oxygen atoms in total. The molecule has 1 fully saturated rings. The van der Waals surface area contributed by atoms with E-state index in [4.69, 9.17) is 10.5 Å². The van der Waals surface area contributed by atoms with Gasteiger partial charge in [-0.3, -0.25) is 9.59 Å². The van der Waals surface area contributed by atoms with E-state index < -0.39 is 5.60 Å². The Morgan fingerprint density at radius 1 is 1.23 bits per heavy atom. The molecule has 0 bridgehead atoms. The zero-order valence-corrected chi connectivity index (χ0v) is 19.4. The van der Waals surface area contributed by atoms with E-state index in [1.54, 1.807) is 30.1 Å². The first-order valence-electron chi connectivity index (χ1n) is 10.8. The number of likely N-dealkylation sites (tertiary alicyclic amines) is 1. The molecule has 1 aliphatic heterocycles. The highest BCUT2D eigenvalue weighted by Gasteiger charge is 2.28. The number of hydrogen-bond acceptors (Lipinski definition) is 5. The fourth-order valence-corrected chi connectivity index (χ4v) is 3.55. The Labute approximate surface area is 185 Å². The second-order valence-corrected chi connectivity index (χ2v) is 9.19. The lowest BCUT2D eigenvalue weighted by atomic mass is 9.95. The molecule has 3 N–H and O–H groups in total. The second-order valence-electron chi connectivity index (χ2n) is 9.19. The first kappa shape index (κ1) is 24.5. The molecule has 0 saturated carbocycles. The standard InChI is InChI=1S/C23H36N4O4/c1-16-15-18(24)7-8-19(16)21(29)27-13-9-17(10-14-27)20(28)25-11-6-12-26(5)22(30)31-23(2,3)4/h7-8,15,17H,6,9-14,24H2,1-5H3,(H,25,28). The van der Waals surface area contributed by atoms with Crippen molar-refractivity contribution >= 4 is 23.6 Å². The van der Waals surface area contributed by atoms with Gasteiger partial charge in [0.05, 0.1) is 0 Å². The number of anilines is 1. The molecule has 1 aliphatic rings. The summed E-state index contributed by atoms with van der Waals surface area (Å²) < 4.78 is 5.31. The molecule has 31 heavy (non-hydrogen) atoms. The third-order valence-electron chi connectivity index (χ3n) is 5.31. The zero-order chi connectivity index (χ0) is 23.2. The van der Waals surface area contributed by atoms with E-state index in [1.807, 2.05) is 27.7 Å². The van der Waals surface area contributed by atoms with Crippen molar-refractivity contribution in [2.24, 2.45) is 5.92 Å². The van der Waals surface area contributed by atoms with Crippen LogP contribution in [0, 0.1) is 12.8 Å². The van der Waals surface area contributed by atoms with E-state index in [9.17, 15) is 14.4 Å². The number of rotatable bonds is 6. The quantitative estimate of drug-likeness (QED) is 0.531. The van der Waals surface area contributed by atoms with Crippen LogP contribution in [0.15, 0.2) is 18.2 Å². The summed E-state index contributed by atoms with van der Waals surface area (Å²) in [6.45, 7) is 9.48. The summed E-state index contributed by atoms with van der Waals surface area (Å²) in [5.41, 5.74) is 7.40. The SMILES string of the molecule is Cc1cc(N)ccc1C(=O)N1CCC(C(=O)NCCCN(C)C(=O)OC(C)(C)C)CC1. The molecule has 1 aromatic carbocycles. The molecular weight excluding hydrogens is 396 g/mol. The smallest absolute Gasteiger partial charge is 0.410 e. The van der Waals surface area contributed by atoms with Crippen LogP contribution in [0.5, 0.6) is 0 Å². The lowest BCUT2D eigenvalue weighted by Gasteiger charge is -2.32. The van der Waals surface area contributed by atoms with Crippen LogP contribution in [0.25, 0.3) is 0 Å². The maximum Gasteiger partial charge on any atom is 0.410 e. The average molecular weight is 433 g/mol. The molecule has 2 rings (SSSR count). The number of benzene rings is 1. The summed E-state index contributed by atoms with van der Waals surface area (Å²) >= 11 is 0. The Morgan fingerprint density at radius 2 is 1.87 bits per heavy atom. The van der Waals surface area contributed by atoms with E-state index in [2.05, 4.69) is 5.32 Å². The van der Waals surface area contributed by atoms with Crippen LogP contribution in [0.3, 0.4) is 0 Å². The minimum Gasteiger partial charge on any atom is -0.444 e. The molecule has 8 heteroatoms. The fourth-order valence-electron chi connectivity index (χ4n) is 3.55. The largest absolute Gasteiger partial charge is 0.444 e. The third kappa shape index (κ3) is 7.45. The van der Waals surface area contributed by atoms with Crippen molar-refractivity contribution in [2.45, 2.75) is 52.6 Å². The van der Waals surface area contributed by atoms with Crippen molar-refractivity contribution in [2.75, 3.05) is 39.0 Å². The van der Waals surface area contributed by atoms with Gasteiger partial charge in [0.15, 0.2) is 0 Å². The number of piperidine rings is 1. The van der Waals surface area contributed by atoms with Crippen molar-refractivity contribution in [1.29, 1.82) is 0 Å². The highest BCUT2D eigenvalue weighted by atomic mass is 16.6. The van der Waals surface area contributed by atoms with Gasteiger partial charge in [-0.1, -0.05) is 0 Å². The van der Waals surface area contributed by atoms with Crippen molar-refractivity contribution in [3.8, 4) is 0 Å². The number of ether oxygens (including phenoxy) is 1. The van der Waals surface area contributed by atoms with Crippen LogP contribution >= 0.6 is 0 Å². The van der Waals surface area contributed by atoms with Gasteiger partial charge < -0.3 is 25.6 Å². The molecule has 0 atom stereocenters. The van der Waals surface area contributed by atoms with Crippen molar-refractivity contribution < 1.29 is 19.1 Å². The molecule has 0 unspecified atom stereocenters. The van der Waals surface area contributed by atoms with E-state index in [0.717, 1.165) is 5.56 Å². The molecule has 3 amide bonds. The second kappa shape index (κ2) is 10.5. The predicted octanol–water partition coefficient (Wildman–Crippen LogP) is 2.80. The zero-order valence-electron chi connectivity index (χ0n) is 19.4. The highest BCUT2D eigenvalue weighted by Crippen LogP contribution is 2.21. The monoisotopic (exact) mass is 432 g/mol. The van der Waals surface area contributed by atoms with E-state index >= 15 is 0 Å². The van der Waals surface area contributed by atoms with Crippen LogP contribution < -0.4 is 11.1 Å². The Morgan fingerprint density at radius 3 is 2.45 bits per heavy atom. The minimum atomic E-state index is -0.525. The lowest BCUT2D eigenvalue weighted by molar-refractivity contribution is -0.126. The Balaban J connectivity index is 1.71. The van der Waals surface area contributed by atoms with Gasteiger partial charge in [0.25, 0.3) is 5.91 Å². The molecule has 172 valence electrons. The summed E-state index contributed by atoms with van der Waals surface area (Å²) in [7, 11) is 1.69. The number of amides is 3. The van der Waals surface area contributed by atoms with Gasteiger partial charge in [0, 0.05) is 50.4 Å². The van der Waals surface area contributed by atoms with Gasteiger partial charge in [-0.25, -0.2) is 4.79 Å². The van der Waals surface area contributed by atoms with Gasteiger partial charge in [-0.05, 0) is 70.7 Å². The number of carbonyl (C=O) groups is 3. The average Bonchev–Trinajstić information content (AvgIpc) is 2.69. The summed E-state index contributed by atoms with van der Waals surface area (Å²) in [4.78, 5) is 40.5. The van der Waals surface area contributed by atoms with Crippen LogP contribution in [0.1, 0.15) is 56.0 Å². The maximum atomic E-state index is 12.8. The van der Waals surface area contributed by atoms with Crippen LogP contribution in [-0.2, 0) is 9.53 Å². The van der Waals surface area contributed by atoms with Crippen LogP contribution in [0.4, 0.5) is 10.5 Å². The van der Waals surface area contributed by atoms with Crippen molar-refractivity contribution in [3.63, 3.8) is 0 Å². The minimum absolute atomic E-state index is 0.00989. The predicted molar refractivity (Wildman–Crippen MR) is 121 cm³/mol. The van der Waals surface area contributed by atoms with Crippen molar-refractivity contribution in [1.82, 2.24) is 15.1 Å². The van der Waals surface area contributed by atoms with Gasteiger partial charge in [0.2, 0.25) is 5.91 Å². The van der Waals surface area contributed by atoms with Gasteiger partial charge in [0.1, 0.15) is 5.60 Å². The van der Waals surface area contributed by atoms with Crippen molar-refractivity contribution in [3.05, 3.63) is 29.3 Å². The maximum absolute atomic E-state index is 12.8. The molecule has 1 heterocycles. The van der Waals surface area contributed by atoms with Gasteiger partial charge >= 0.3 is 6.09 Å². The Hall–Kier alpha value is -2.77. The first-order valence-corrected chi connectivity index (χ1v) is 10.8. The molecule has 0 spiro atoms. The number of aryl methyl sites for hydroxylation is 1. The molecule has 1 aromatic rings. The lowest BCUT2D eigenvalue weighted by Crippen LogP contribution is -2.43. The van der Waals surface area contributed by atoms with Gasteiger partial charge in [-0.2, -0.15) is 0 Å². The number of nitrogens with zero attached hydrogens (tertiary/aromatic N) is 2. The van der Waals surface area contributed by atoms with Crippen LogP contribution in [-0.4, -0.2) is 66.5 Å².